The number of nitrogens with zero attached hydrogens (tertiary/aromatic N) is 1. The quantitative estimate of drug-likeness (QED) is 0.584. The highest BCUT2D eigenvalue weighted by Gasteiger charge is 2.32. The summed E-state index contributed by atoms with van der Waals surface area (Å²) in [6.45, 7) is 7.15. The summed E-state index contributed by atoms with van der Waals surface area (Å²) in [7, 11) is -3.60. The molecule has 1 heterocycles. The van der Waals surface area contributed by atoms with Crippen LogP contribution in [0.15, 0.2) is 29.2 Å². The summed E-state index contributed by atoms with van der Waals surface area (Å²) in [5, 5.41) is 3.08. The molecule has 1 aromatic carbocycles. The van der Waals surface area contributed by atoms with Gasteiger partial charge in [0.2, 0.25) is 15.9 Å². The van der Waals surface area contributed by atoms with Crippen LogP contribution in [0.25, 0.3) is 0 Å². The van der Waals surface area contributed by atoms with Gasteiger partial charge in [-0.15, -0.1) is 0 Å². The second kappa shape index (κ2) is 10.9. The van der Waals surface area contributed by atoms with Crippen LogP contribution >= 0.6 is 0 Å². The second-order valence-electron chi connectivity index (χ2n) is 7.92. The Morgan fingerprint density at radius 2 is 1.76 bits per heavy atom. The Kier molecular flexibility index (Phi) is 8.83. The number of hydrogen-bond acceptors (Lipinski definition) is 4. The molecule has 0 spiro atoms. The van der Waals surface area contributed by atoms with Crippen LogP contribution in [-0.4, -0.2) is 44.0 Å². The van der Waals surface area contributed by atoms with Crippen molar-refractivity contribution in [1.82, 2.24) is 9.62 Å². The second-order valence-corrected chi connectivity index (χ2v) is 9.86. The SMILES string of the molecule is CCCCC(CC)CNC(=O)C1CCN(S(=O)(=O)c2ccc(C(C)=O)cc2)CC1. The Bertz CT molecular complexity index is 782. The Hall–Kier alpha value is -1.73. The zero-order valence-corrected chi connectivity index (χ0v) is 18.6. The van der Waals surface area contributed by atoms with Gasteiger partial charge in [-0.05, 0) is 44.2 Å². The molecule has 0 aliphatic carbocycles. The van der Waals surface area contributed by atoms with E-state index in [-0.39, 0.29) is 22.5 Å². The minimum Gasteiger partial charge on any atom is -0.356 e. The Labute approximate surface area is 175 Å². The Balaban J connectivity index is 1.88. The number of carbonyl (C=O) groups excluding carboxylic acids is 2. The number of amides is 1. The van der Waals surface area contributed by atoms with Gasteiger partial charge in [-0.3, -0.25) is 9.59 Å². The lowest BCUT2D eigenvalue weighted by molar-refractivity contribution is -0.126. The van der Waals surface area contributed by atoms with Crippen molar-refractivity contribution in [2.75, 3.05) is 19.6 Å². The van der Waals surface area contributed by atoms with Crippen LogP contribution in [0.2, 0.25) is 0 Å². The zero-order chi connectivity index (χ0) is 21.4. The standard InChI is InChI=1S/C22H34N2O4S/c1-4-6-7-18(5-2)16-23-22(26)20-12-14-24(15-13-20)29(27,28)21-10-8-19(9-11-21)17(3)25/h8-11,18,20H,4-7,12-16H2,1-3H3,(H,23,26). The van der Waals surface area contributed by atoms with Crippen LogP contribution < -0.4 is 5.32 Å². The number of hydrogen-bond donors (Lipinski definition) is 1. The average Bonchev–Trinajstić information content (AvgIpc) is 2.73. The fourth-order valence-corrected chi connectivity index (χ4v) is 5.17. The first kappa shape index (κ1) is 23.5. The van der Waals surface area contributed by atoms with E-state index < -0.39 is 10.0 Å². The highest BCUT2D eigenvalue weighted by Crippen LogP contribution is 2.24. The molecule has 162 valence electrons. The van der Waals surface area contributed by atoms with E-state index in [0.717, 1.165) is 19.3 Å². The molecule has 29 heavy (non-hydrogen) atoms. The van der Waals surface area contributed by atoms with Gasteiger partial charge in [-0.2, -0.15) is 4.31 Å². The lowest BCUT2D eigenvalue weighted by atomic mass is 9.95. The van der Waals surface area contributed by atoms with E-state index in [0.29, 0.717) is 44.0 Å². The van der Waals surface area contributed by atoms with E-state index in [1.807, 2.05) is 0 Å². The summed E-state index contributed by atoms with van der Waals surface area (Å²) >= 11 is 0. The van der Waals surface area contributed by atoms with Gasteiger partial charge in [0.05, 0.1) is 4.90 Å². The van der Waals surface area contributed by atoms with Gasteiger partial charge < -0.3 is 5.32 Å². The molecule has 0 radical (unpaired) electrons. The lowest BCUT2D eigenvalue weighted by Gasteiger charge is -2.31. The molecule has 1 fully saturated rings. The molecule has 2 rings (SSSR count). The molecule has 7 heteroatoms. The van der Waals surface area contributed by atoms with Crippen molar-refractivity contribution >= 4 is 21.7 Å². The number of Topliss-reactive ketones (excluding diaryl/α,β-unsaturated/α-hetero) is 1. The molecule has 1 aliphatic heterocycles. The third-order valence-corrected chi connectivity index (χ3v) is 7.74. The van der Waals surface area contributed by atoms with Crippen molar-refractivity contribution in [2.45, 2.75) is 64.2 Å². The molecule has 1 N–H and O–H groups in total. The van der Waals surface area contributed by atoms with Crippen LogP contribution in [0.1, 0.15) is 69.7 Å². The number of unbranched alkanes of at least 4 members (excludes halogenated alkanes) is 1. The number of ketones is 1. The summed E-state index contributed by atoms with van der Waals surface area (Å²) < 4.78 is 27.1. The number of carbonyl (C=O) groups is 2. The van der Waals surface area contributed by atoms with Crippen molar-refractivity contribution in [3.63, 3.8) is 0 Å². The van der Waals surface area contributed by atoms with Crippen LogP contribution in [0.3, 0.4) is 0 Å². The minimum absolute atomic E-state index is 0.0443. The average molecular weight is 423 g/mol. The summed E-state index contributed by atoms with van der Waals surface area (Å²) in [6.07, 6.45) is 5.59. The number of rotatable bonds is 10. The molecule has 0 bridgehead atoms. The fourth-order valence-electron chi connectivity index (χ4n) is 3.70. The Morgan fingerprint density at radius 3 is 2.28 bits per heavy atom. The highest BCUT2D eigenvalue weighted by atomic mass is 32.2. The van der Waals surface area contributed by atoms with Gasteiger partial charge in [0.1, 0.15) is 0 Å². The van der Waals surface area contributed by atoms with Crippen molar-refractivity contribution in [3.05, 3.63) is 29.8 Å². The highest BCUT2D eigenvalue weighted by molar-refractivity contribution is 7.89. The third-order valence-electron chi connectivity index (χ3n) is 5.83. The van der Waals surface area contributed by atoms with E-state index in [1.165, 1.54) is 41.9 Å². The first-order valence-electron chi connectivity index (χ1n) is 10.7. The number of sulfonamides is 1. The summed E-state index contributed by atoms with van der Waals surface area (Å²) in [4.78, 5) is 24.1. The Morgan fingerprint density at radius 1 is 1.14 bits per heavy atom. The van der Waals surface area contributed by atoms with Crippen LogP contribution in [-0.2, 0) is 14.8 Å². The van der Waals surface area contributed by atoms with Gasteiger partial charge in [-0.1, -0.05) is 45.2 Å². The van der Waals surface area contributed by atoms with Crippen molar-refractivity contribution in [1.29, 1.82) is 0 Å². The zero-order valence-electron chi connectivity index (χ0n) is 17.8. The van der Waals surface area contributed by atoms with E-state index in [2.05, 4.69) is 19.2 Å². The van der Waals surface area contributed by atoms with Gasteiger partial charge in [0.25, 0.3) is 0 Å². The normalized spacial score (nSPS) is 17.1. The van der Waals surface area contributed by atoms with Gasteiger partial charge in [0.15, 0.2) is 5.78 Å². The molecule has 1 atom stereocenters. The maximum atomic E-state index is 12.8. The van der Waals surface area contributed by atoms with E-state index in [4.69, 9.17) is 0 Å². The number of nitrogens with one attached hydrogen (secondary N) is 1. The van der Waals surface area contributed by atoms with Crippen molar-refractivity contribution in [3.8, 4) is 0 Å². The molecule has 1 amide bonds. The molecule has 6 nitrogen and oxygen atoms in total. The molecule has 0 aromatic heterocycles. The van der Waals surface area contributed by atoms with Gasteiger partial charge in [-0.25, -0.2) is 8.42 Å². The topological polar surface area (TPSA) is 83.6 Å². The smallest absolute Gasteiger partial charge is 0.243 e. The fraction of sp³-hybridized carbons (Fsp3) is 0.636. The van der Waals surface area contributed by atoms with E-state index in [9.17, 15) is 18.0 Å². The van der Waals surface area contributed by atoms with Gasteiger partial charge in [0, 0.05) is 31.1 Å². The first-order valence-corrected chi connectivity index (χ1v) is 12.1. The minimum atomic E-state index is -3.60. The van der Waals surface area contributed by atoms with Crippen LogP contribution in [0, 0.1) is 11.8 Å². The van der Waals surface area contributed by atoms with E-state index in [1.54, 1.807) is 0 Å². The van der Waals surface area contributed by atoms with Crippen LogP contribution in [0.5, 0.6) is 0 Å². The van der Waals surface area contributed by atoms with E-state index >= 15 is 0 Å². The van der Waals surface area contributed by atoms with Crippen LogP contribution in [0.4, 0.5) is 0 Å². The summed E-state index contributed by atoms with van der Waals surface area (Å²) in [5.74, 6) is 0.325. The predicted octanol–water partition coefficient (Wildman–Crippen LogP) is 3.62. The largest absolute Gasteiger partial charge is 0.356 e. The third kappa shape index (κ3) is 6.37. The van der Waals surface area contributed by atoms with Crippen molar-refractivity contribution < 1.29 is 18.0 Å². The molecule has 1 aliphatic rings. The molecule has 0 saturated carbocycles. The summed E-state index contributed by atoms with van der Waals surface area (Å²) in [5.41, 5.74) is 0.489. The maximum Gasteiger partial charge on any atom is 0.243 e. The molecular formula is C22H34N2O4S. The first-order chi connectivity index (χ1) is 13.8. The number of piperidine rings is 1. The molecular weight excluding hydrogens is 388 g/mol. The van der Waals surface area contributed by atoms with Crippen molar-refractivity contribution in [2.24, 2.45) is 11.8 Å². The predicted molar refractivity (Wildman–Crippen MR) is 114 cm³/mol. The summed E-state index contributed by atoms with van der Waals surface area (Å²) in [6, 6.07) is 6.04. The lowest BCUT2D eigenvalue weighted by Crippen LogP contribution is -2.43. The van der Waals surface area contributed by atoms with Gasteiger partial charge >= 0.3 is 0 Å². The molecule has 1 aromatic rings. The number of benzene rings is 1. The maximum absolute atomic E-state index is 12.8. The molecule has 1 unspecified atom stereocenters. The molecule has 1 saturated heterocycles. The monoisotopic (exact) mass is 422 g/mol.